The zero-order valence-corrected chi connectivity index (χ0v) is 14.6. The predicted molar refractivity (Wildman–Crippen MR) is 95.0 cm³/mol. The minimum atomic E-state index is -0.0677. The highest BCUT2D eigenvalue weighted by Crippen LogP contribution is 2.29. The molecule has 1 aliphatic carbocycles. The van der Waals surface area contributed by atoms with Crippen LogP contribution in [0.5, 0.6) is 0 Å². The number of urea groups is 1. The van der Waals surface area contributed by atoms with Crippen molar-refractivity contribution in [2.24, 2.45) is 0 Å². The summed E-state index contributed by atoms with van der Waals surface area (Å²) >= 11 is 1.63. The first kappa shape index (κ1) is 16.0. The molecule has 122 valence electrons. The van der Waals surface area contributed by atoms with E-state index in [1.54, 1.807) is 11.3 Å². The molecule has 3 rings (SSSR count). The molecule has 0 atom stereocenters. The van der Waals surface area contributed by atoms with Crippen molar-refractivity contribution in [3.8, 4) is 0 Å². The summed E-state index contributed by atoms with van der Waals surface area (Å²) in [6, 6.07) is 8.13. The topological polar surface area (TPSA) is 45.2 Å². The molecule has 1 N–H and O–H groups in total. The second-order valence-corrected chi connectivity index (χ2v) is 7.05. The van der Waals surface area contributed by atoms with E-state index >= 15 is 0 Å². The van der Waals surface area contributed by atoms with Crippen LogP contribution in [0.4, 0.5) is 9.93 Å². The van der Waals surface area contributed by atoms with Crippen molar-refractivity contribution in [3.05, 3.63) is 46.0 Å². The molecule has 0 fully saturated rings. The number of carbonyl (C=O) groups is 1. The minimum Gasteiger partial charge on any atom is -0.320 e. The fourth-order valence-corrected chi connectivity index (χ4v) is 3.94. The van der Waals surface area contributed by atoms with Gasteiger partial charge in [-0.05, 0) is 50.7 Å². The monoisotopic (exact) mass is 329 g/mol. The third-order valence-electron chi connectivity index (χ3n) is 4.35. The van der Waals surface area contributed by atoms with Gasteiger partial charge in [0, 0.05) is 18.0 Å². The first-order valence-electron chi connectivity index (χ1n) is 8.26. The Balaban J connectivity index is 1.68. The van der Waals surface area contributed by atoms with Gasteiger partial charge in [-0.3, -0.25) is 5.32 Å². The highest BCUT2D eigenvalue weighted by atomic mass is 32.1. The van der Waals surface area contributed by atoms with E-state index < -0.39 is 0 Å². The largest absolute Gasteiger partial charge is 0.323 e. The minimum absolute atomic E-state index is 0.0677. The van der Waals surface area contributed by atoms with Gasteiger partial charge in [-0.25, -0.2) is 9.78 Å². The molecule has 5 heteroatoms. The van der Waals surface area contributed by atoms with Crippen LogP contribution in [0, 0.1) is 6.92 Å². The van der Waals surface area contributed by atoms with E-state index in [0.29, 0.717) is 13.1 Å². The summed E-state index contributed by atoms with van der Waals surface area (Å²) in [5.41, 5.74) is 3.57. The number of thiazole rings is 1. The predicted octanol–water partition coefficient (Wildman–Crippen LogP) is 4.38. The molecule has 0 spiro atoms. The van der Waals surface area contributed by atoms with Gasteiger partial charge in [0.15, 0.2) is 5.13 Å². The third-order valence-corrected chi connectivity index (χ3v) is 5.42. The maximum atomic E-state index is 12.6. The standard InChI is InChI=1S/C18H23N3OS/c1-3-21(12-14-9-5-4-8-13(14)2)18(22)20-17-19-15-10-6-7-11-16(15)23-17/h4-5,8-9H,3,6-7,10-12H2,1-2H3,(H,19,20,22). The Morgan fingerprint density at radius 3 is 2.83 bits per heavy atom. The molecule has 0 bridgehead atoms. The lowest BCUT2D eigenvalue weighted by molar-refractivity contribution is 0.212. The number of nitrogens with one attached hydrogen (secondary N) is 1. The van der Waals surface area contributed by atoms with Crippen molar-refractivity contribution in [2.75, 3.05) is 11.9 Å². The van der Waals surface area contributed by atoms with Gasteiger partial charge in [0.05, 0.1) is 5.69 Å². The van der Waals surface area contributed by atoms with Gasteiger partial charge in [0.1, 0.15) is 0 Å². The smallest absolute Gasteiger partial charge is 0.320 e. The number of fused-ring (bicyclic) bond motifs is 1. The number of carbonyl (C=O) groups excluding carboxylic acids is 1. The summed E-state index contributed by atoms with van der Waals surface area (Å²) in [5, 5.41) is 3.73. The number of aromatic nitrogens is 1. The summed E-state index contributed by atoms with van der Waals surface area (Å²) in [7, 11) is 0. The van der Waals surface area contributed by atoms with Crippen LogP contribution in [0.25, 0.3) is 0 Å². The molecule has 2 amide bonds. The molecule has 1 aromatic carbocycles. The van der Waals surface area contributed by atoms with Gasteiger partial charge in [-0.2, -0.15) is 0 Å². The number of hydrogen-bond donors (Lipinski definition) is 1. The first-order chi connectivity index (χ1) is 11.2. The Hall–Kier alpha value is -1.88. The summed E-state index contributed by atoms with van der Waals surface area (Å²) in [6.07, 6.45) is 4.58. The molecule has 4 nitrogen and oxygen atoms in total. The molecule has 0 aliphatic heterocycles. The number of amides is 2. The van der Waals surface area contributed by atoms with Crippen LogP contribution in [0.3, 0.4) is 0 Å². The Labute approximate surface area is 141 Å². The summed E-state index contributed by atoms with van der Waals surface area (Å²) in [6.45, 7) is 5.38. The lowest BCUT2D eigenvalue weighted by atomic mass is 10.0. The zero-order chi connectivity index (χ0) is 16.2. The quantitative estimate of drug-likeness (QED) is 0.904. The highest BCUT2D eigenvalue weighted by Gasteiger charge is 2.18. The normalized spacial score (nSPS) is 13.5. The fraction of sp³-hybridized carbons (Fsp3) is 0.444. The Morgan fingerprint density at radius 2 is 2.09 bits per heavy atom. The number of hydrogen-bond acceptors (Lipinski definition) is 3. The van der Waals surface area contributed by atoms with Crippen LogP contribution in [0.15, 0.2) is 24.3 Å². The molecule has 0 unspecified atom stereocenters. The number of benzene rings is 1. The third kappa shape index (κ3) is 3.72. The van der Waals surface area contributed by atoms with Crippen molar-refractivity contribution in [2.45, 2.75) is 46.1 Å². The van der Waals surface area contributed by atoms with E-state index in [2.05, 4.69) is 29.4 Å². The summed E-state index contributed by atoms with van der Waals surface area (Å²) < 4.78 is 0. The summed E-state index contributed by atoms with van der Waals surface area (Å²) in [4.78, 5) is 20.3. The highest BCUT2D eigenvalue weighted by molar-refractivity contribution is 7.15. The Bertz CT molecular complexity index is 672. The van der Waals surface area contributed by atoms with Crippen LogP contribution in [-0.2, 0) is 19.4 Å². The molecular formula is C18H23N3OS. The first-order valence-corrected chi connectivity index (χ1v) is 9.08. The van der Waals surface area contributed by atoms with Gasteiger partial charge >= 0.3 is 6.03 Å². The van der Waals surface area contributed by atoms with Crippen LogP contribution in [0.2, 0.25) is 0 Å². The van der Waals surface area contributed by atoms with E-state index in [1.807, 2.05) is 24.0 Å². The molecule has 1 heterocycles. The van der Waals surface area contributed by atoms with Crippen molar-refractivity contribution in [1.82, 2.24) is 9.88 Å². The Morgan fingerprint density at radius 1 is 1.30 bits per heavy atom. The summed E-state index contributed by atoms with van der Waals surface area (Å²) in [5.74, 6) is 0. The van der Waals surface area contributed by atoms with E-state index in [-0.39, 0.29) is 6.03 Å². The Kier molecular flexibility index (Phi) is 4.96. The SMILES string of the molecule is CCN(Cc1ccccc1C)C(=O)Nc1nc2c(s1)CCCC2. The van der Waals surface area contributed by atoms with Gasteiger partial charge in [0.2, 0.25) is 0 Å². The number of rotatable bonds is 4. The maximum absolute atomic E-state index is 12.6. The van der Waals surface area contributed by atoms with Crippen LogP contribution in [-0.4, -0.2) is 22.5 Å². The van der Waals surface area contributed by atoms with E-state index in [0.717, 1.165) is 18.0 Å². The van der Waals surface area contributed by atoms with E-state index in [1.165, 1.54) is 34.5 Å². The molecule has 0 saturated carbocycles. The average molecular weight is 329 g/mol. The van der Waals surface area contributed by atoms with Gasteiger partial charge in [-0.1, -0.05) is 24.3 Å². The van der Waals surface area contributed by atoms with Crippen molar-refractivity contribution >= 4 is 22.5 Å². The van der Waals surface area contributed by atoms with Crippen molar-refractivity contribution < 1.29 is 4.79 Å². The second-order valence-electron chi connectivity index (χ2n) is 5.97. The zero-order valence-electron chi connectivity index (χ0n) is 13.8. The molecule has 1 aliphatic rings. The van der Waals surface area contributed by atoms with Crippen LogP contribution >= 0.6 is 11.3 Å². The number of aryl methyl sites for hydroxylation is 3. The molecular weight excluding hydrogens is 306 g/mol. The maximum Gasteiger partial charge on any atom is 0.323 e. The molecule has 0 saturated heterocycles. The van der Waals surface area contributed by atoms with Crippen LogP contribution < -0.4 is 5.32 Å². The van der Waals surface area contributed by atoms with Gasteiger partial charge in [-0.15, -0.1) is 11.3 Å². The van der Waals surface area contributed by atoms with Crippen LogP contribution in [0.1, 0.15) is 41.5 Å². The van der Waals surface area contributed by atoms with Gasteiger partial charge < -0.3 is 4.90 Å². The van der Waals surface area contributed by atoms with Crippen molar-refractivity contribution in [3.63, 3.8) is 0 Å². The average Bonchev–Trinajstić information content (AvgIpc) is 2.96. The van der Waals surface area contributed by atoms with E-state index in [4.69, 9.17) is 0 Å². The molecule has 2 aromatic rings. The molecule has 0 radical (unpaired) electrons. The van der Waals surface area contributed by atoms with Crippen molar-refractivity contribution in [1.29, 1.82) is 0 Å². The lowest BCUT2D eigenvalue weighted by Crippen LogP contribution is -2.34. The second kappa shape index (κ2) is 7.13. The fourth-order valence-electron chi connectivity index (χ4n) is 2.90. The number of anilines is 1. The number of nitrogens with zero attached hydrogens (tertiary/aromatic N) is 2. The van der Waals surface area contributed by atoms with E-state index in [9.17, 15) is 4.79 Å². The lowest BCUT2D eigenvalue weighted by Gasteiger charge is -2.21. The van der Waals surface area contributed by atoms with Gasteiger partial charge in [0.25, 0.3) is 0 Å². The molecule has 23 heavy (non-hydrogen) atoms. The molecule has 1 aromatic heterocycles.